The molecular formula is C19H28N2O2. The highest BCUT2D eigenvalue weighted by Crippen LogP contribution is 2.20. The third kappa shape index (κ3) is 4.81. The van der Waals surface area contributed by atoms with Crippen LogP contribution in [-0.2, 0) is 9.59 Å². The second kappa shape index (κ2) is 8.14. The second-order valence-electron chi connectivity index (χ2n) is 6.46. The maximum atomic E-state index is 12.2. The van der Waals surface area contributed by atoms with Gasteiger partial charge in [0.1, 0.15) is 0 Å². The summed E-state index contributed by atoms with van der Waals surface area (Å²) in [5, 5.41) is 3.12. The number of carbonyl (C=O) groups is 2. The average Bonchev–Trinajstić information content (AvgIpc) is 2.93. The molecular weight excluding hydrogens is 288 g/mol. The Bertz CT molecular complexity index is 568. The summed E-state index contributed by atoms with van der Waals surface area (Å²) in [4.78, 5) is 25.6. The van der Waals surface area contributed by atoms with E-state index in [0.29, 0.717) is 19.4 Å². The van der Waals surface area contributed by atoms with Gasteiger partial charge in [0.15, 0.2) is 0 Å². The molecule has 126 valence electrons. The topological polar surface area (TPSA) is 49.4 Å². The van der Waals surface area contributed by atoms with Crippen LogP contribution in [-0.4, -0.2) is 29.8 Å². The Labute approximate surface area is 139 Å². The molecule has 2 amide bonds. The Morgan fingerprint density at radius 1 is 1.30 bits per heavy atom. The minimum Gasteiger partial charge on any atom is -0.349 e. The van der Waals surface area contributed by atoms with Crippen LogP contribution in [0.4, 0.5) is 0 Å². The predicted molar refractivity (Wildman–Crippen MR) is 92.1 cm³/mol. The number of aryl methyl sites for hydroxylation is 2. The molecule has 1 aliphatic rings. The van der Waals surface area contributed by atoms with Crippen LogP contribution >= 0.6 is 0 Å². The van der Waals surface area contributed by atoms with E-state index in [1.54, 1.807) is 0 Å². The van der Waals surface area contributed by atoms with Crippen molar-refractivity contribution in [3.05, 3.63) is 34.9 Å². The molecule has 1 aliphatic heterocycles. The molecule has 2 rings (SSSR count). The summed E-state index contributed by atoms with van der Waals surface area (Å²) in [5.41, 5.74) is 3.69. The average molecular weight is 316 g/mol. The molecule has 0 saturated carbocycles. The molecule has 1 aromatic rings. The molecule has 1 heterocycles. The molecule has 0 aromatic heterocycles. The standard InChI is InChI=1S/C19H28N2O2/c1-4-17(16-10-9-14(2)15(3)13-16)20-18(22)7-5-11-21-12-6-8-19(21)23/h9-10,13,17H,4-8,11-12H2,1-3H3,(H,20,22)/t17-/m0/s1. The van der Waals surface area contributed by atoms with E-state index in [0.717, 1.165) is 25.8 Å². The Balaban J connectivity index is 1.82. The van der Waals surface area contributed by atoms with Crippen LogP contribution in [0.2, 0.25) is 0 Å². The minimum atomic E-state index is 0.0650. The molecule has 0 bridgehead atoms. The number of carbonyl (C=O) groups excluding carboxylic acids is 2. The number of hydrogen-bond acceptors (Lipinski definition) is 2. The van der Waals surface area contributed by atoms with Gasteiger partial charge in [-0.05, 0) is 49.8 Å². The van der Waals surface area contributed by atoms with Gasteiger partial charge in [-0.1, -0.05) is 25.1 Å². The molecule has 1 N–H and O–H groups in total. The summed E-state index contributed by atoms with van der Waals surface area (Å²) < 4.78 is 0. The predicted octanol–water partition coefficient (Wildman–Crippen LogP) is 3.27. The molecule has 1 aromatic carbocycles. The second-order valence-corrected chi connectivity index (χ2v) is 6.46. The van der Waals surface area contributed by atoms with Gasteiger partial charge < -0.3 is 10.2 Å². The largest absolute Gasteiger partial charge is 0.349 e. The third-order valence-electron chi connectivity index (χ3n) is 4.68. The summed E-state index contributed by atoms with van der Waals surface area (Å²) in [6, 6.07) is 6.43. The van der Waals surface area contributed by atoms with Crippen LogP contribution in [0.15, 0.2) is 18.2 Å². The van der Waals surface area contributed by atoms with Gasteiger partial charge in [-0.2, -0.15) is 0 Å². The lowest BCUT2D eigenvalue weighted by atomic mass is 9.99. The smallest absolute Gasteiger partial charge is 0.222 e. The molecule has 1 fully saturated rings. The van der Waals surface area contributed by atoms with Gasteiger partial charge in [-0.15, -0.1) is 0 Å². The van der Waals surface area contributed by atoms with Crippen molar-refractivity contribution in [2.45, 2.75) is 58.9 Å². The molecule has 0 aliphatic carbocycles. The van der Waals surface area contributed by atoms with Crippen molar-refractivity contribution in [1.82, 2.24) is 10.2 Å². The lowest BCUT2D eigenvalue weighted by molar-refractivity contribution is -0.128. The number of nitrogens with zero attached hydrogens (tertiary/aromatic N) is 1. The Morgan fingerprint density at radius 3 is 2.70 bits per heavy atom. The van der Waals surface area contributed by atoms with Gasteiger partial charge in [0.2, 0.25) is 11.8 Å². The van der Waals surface area contributed by atoms with Crippen molar-refractivity contribution >= 4 is 11.8 Å². The Hall–Kier alpha value is -1.84. The minimum absolute atomic E-state index is 0.0650. The molecule has 0 radical (unpaired) electrons. The number of amides is 2. The van der Waals surface area contributed by atoms with Crippen molar-refractivity contribution in [3.63, 3.8) is 0 Å². The molecule has 4 heteroatoms. The van der Waals surface area contributed by atoms with E-state index in [-0.39, 0.29) is 17.9 Å². The molecule has 4 nitrogen and oxygen atoms in total. The van der Waals surface area contributed by atoms with Crippen LogP contribution in [0.5, 0.6) is 0 Å². The maximum Gasteiger partial charge on any atom is 0.222 e. The highest BCUT2D eigenvalue weighted by Gasteiger charge is 2.20. The van der Waals surface area contributed by atoms with Gasteiger partial charge in [-0.3, -0.25) is 9.59 Å². The maximum absolute atomic E-state index is 12.2. The molecule has 0 unspecified atom stereocenters. The first-order chi connectivity index (χ1) is 11.0. The van der Waals surface area contributed by atoms with Crippen LogP contribution in [0.25, 0.3) is 0 Å². The monoisotopic (exact) mass is 316 g/mol. The van der Waals surface area contributed by atoms with E-state index in [2.05, 4.69) is 44.3 Å². The lowest BCUT2D eigenvalue weighted by Crippen LogP contribution is -2.30. The van der Waals surface area contributed by atoms with Gasteiger partial charge in [0, 0.05) is 25.9 Å². The normalized spacial score (nSPS) is 15.8. The van der Waals surface area contributed by atoms with Crippen LogP contribution in [0, 0.1) is 13.8 Å². The molecule has 23 heavy (non-hydrogen) atoms. The first kappa shape index (κ1) is 17.5. The van der Waals surface area contributed by atoms with E-state index in [1.165, 1.54) is 16.7 Å². The van der Waals surface area contributed by atoms with E-state index in [4.69, 9.17) is 0 Å². The van der Waals surface area contributed by atoms with E-state index in [9.17, 15) is 9.59 Å². The summed E-state index contributed by atoms with van der Waals surface area (Å²) in [6.45, 7) is 7.83. The quantitative estimate of drug-likeness (QED) is 0.839. The Morgan fingerprint density at radius 2 is 2.09 bits per heavy atom. The van der Waals surface area contributed by atoms with Crippen molar-refractivity contribution in [1.29, 1.82) is 0 Å². The van der Waals surface area contributed by atoms with Crippen molar-refractivity contribution in [2.75, 3.05) is 13.1 Å². The van der Waals surface area contributed by atoms with E-state index >= 15 is 0 Å². The zero-order valence-corrected chi connectivity index (χ0v) is 14.5. The number of likely N-dealkylation sites (tertiary alicyclic amines) is 1. The fourth-order valence-corrected chi connectivity index (χ4v) is 3.04. The third-order valence-corrected chi connectivity index (χ3v) is 4.68. The van der Waals surface area contributed by atoms with E-state index < -0.39 is 0 Å². The molecule has 0 spiro atoms. The van der Waals surface area contributed by atoms with Gasteiger partial charge >= 0.3 is 0 Å². The molecule has 1 atom stereocenters. The number of benzene rings is 1. The fourth-order valence-electron chi connectivity index (χ4n) is 3.04. The van der Waals surface area contributed by atoms with E-state index in [1.807, 2.05) is 4.90 Å². The van der Waals surface area contributed by atoms with Crippen molar-refractivity contribution in [3.8, 4) is 0 Å². The fraction of sp³-hybridized carbons (Fsp3) is 0.579. The van der Waals surface area contributed by atoms with Gasteiger partial charge in [0.25, 0.3) is 0 Å². The first-order valence-electron chi connectivity index (χ1n) is 8.65. The highest BCUT2D eigenvalue weighted by atomic mass is 16.2. The number of nitrogens with one attached hydrogen (secondary N) is 1. The van der Waals surface area contributed by atoms with Crippen LogP contribution in [0.3, 0.4) is 0 Å². The van der Waals surface area contributed by atoms with Gasteiger partial charge in [-0.25, -0.2) is 0 Å². The SMILES string of the molecule is CC[C@H](NC(=O)CCCN1CCCC1=O)c1ccc(C)c(C)c1. The highest BCUT2D eigenvalue weighted by molar-refractivity contribution is 5.78. The number of hydrogen-bond donors (Lipinski definition) is 1. The van der Waals surface area contributed by atoms with Crippen molar-refractivity contribution < 1.29 is 9.59 Å². The van der Waals surface area contributed by atoms with Gasteiger partial charge in [0.05, 0.1) is 6.04 Å². The summed E-state index contributed by atoms with van der Waals surface area (Å²) in [5.74, 6) is 0.300. The summed E-state index contributed by atoms with van der Waals surface area (Å²) in [6.07, 6.45) is 3.71. The Kier molecular flexibility index (Phi) is 6.20. The summed E-state index contributed by atoms with van der Waals surface area (Å²) in [7, 11) is 0. The van der Waals surface area contributed by atoms with Crippen LogP contribution < -0.4 is 5.32 Å². The number of rotatable bonds is 7. The zero-order chi connectivity index (χ0) is 16.8. The van der Waals surface area contributed by atoms with Crippen LogP contribution in [0.1, 0.15) is 61.8 Å². The first-order valence-corrected chi connectivity index (χ1v) is 8.65. The lowest BCUT2D eigenvalue weighted by Gasteiger charge is -2.19. The zero-order valence-electron chi connectivity index (χ0n) is 14.5. The summed E-state index contributed by atoms with van der Waals surface area (Å²) >= 11 is 0. The molecule has 1 saturated heterocycles. The van der Waals surface area contributed by atoms with Crippen molar-refractivity contribution in [2.24, 2.45) is 0 Å².